The summed E-state index contributed by atoms with van der Waals surface area (Å²) in [5, 5.41) is 3.09. The number of nitrogens with zero attached hydrogens (tertiary/aromatic N) is 1. The minimum absolute atomic E-state index is 0.0385. The van der Waals surface area contributed by atoms with Gasteiger partial charge in [-0.1, -0.05) is 24.8 Å². The fourth-order valence-corrected chi connectivity index (χ4v) is 3.85. The molecule has 0 spiro atoms. The second-order valence-electron chi connectivity index (χ2n) is 7.14. The first-order valence-corrected chi connectivity index (χ1v) is 10.2. The zero-order valence-electron chi connectivity index (χ0n) is 16.9. The summed E-state index contributed by atoms with van der Waals surface area (Å²) in [5.41, 5.74) is 4.48. The number of aryl methyl sites for hydroxylation is 1. The van der Waals surface area contributed by atoms with Crippen molar-refractivity contribution in [3.8, 4) is 5.75 Å². The minimum Gasteiger partial charge on any atom is -0.489 e. The van der Waals surface area contributed by atoms with Crippen molar-refractivity contribution in [2.75, 3.05) is 29.9 Å². The van der Waals surface area contributed by atoms with Crippen molar-refractivity contribution in [2.24, 2.45) is 5.92 Å². The van der Waals surface area contributed by atoms with Gasteiger partial charge in [0, 0.05) is 30.4 Å². The molecular weight excluding hydrogens is 348 g/mol. The Morgan fingerprint density at radius 1 is 1.21 bits per heavy atom. The molecule has 0 heterocycles. The highest BCUT2D eigenvalue weighted by Gasteiger charge is 2.27. The molecule has 1 aliphatic carbocycles. The Labute approximate surface area is 168 Å². The molecular formula is C24H30N2O2. The number of ether oxygens (including phenoxy) is 1. The lowest BCUT2D eigenvalue weighted by Crippen LogP contribution is -2.28. The van der Waals surface area contributed by atoms with Crippen LogP contribution in [0.25, 0.3) is 0 Å². The molecule has 4 heteroatoms. The van der Waals surface area contributed by atoms with Gasteiger partial charge in [0.2, 0.25) is 5.91 Å². The second kappa shape index (κ2) is 9.45. The highest BCUT2D eigenvalue weighted by atomic mass is 16.5. The van der Waals surface area contributed by atoms with Crippen LogP contribution in [0.15, 0.2) is 55.1 Å². The number of rotatable bonds is 8. The van der Waals surface area contributed by atoms with E-state index in [2.05, 4.69) is 48.8 Å². The Bertz CT molecular complexity index is 810. The van der Waals surface area contributed by atoms with Crippen LogP contribution in [0.2, 0.25) is 0 Å². The third kappa shape index (κ3) is 4.56. The highest BCUT2D eigenvalue weighted by molar-refractivity contribution is 5.93. The molecule has 1 unspecified atom stereocenters. The monoisotopic (exact) mass is 378 g/mol. The maximum absolute atomic E-state index is 12.9. The Morgan fingerprint density at radius 2 is 1.96 bits per heavy atom. The van der Waals surface area contributed by atoms with Crippen LogP contribution in [-0.2, 0) is 17.6 Å². The lowest BCUT2D eigenvalue weighted by atomic mass is 9.83. The van der Waals surface area contributed by atoms with Crippen LogP contribution < -0.4 is 15.0 Å². The molecule has 0 fully saturated rings. The van der Waals surface area contributed by atoms with Gasteiger partial charge in [0.15, 0.2) is 0 Å². The summed E-state index contributed by atoms with van der Waals surface area (Å²) in [6, 6.07) is 14.3. The molecule has 0 saturated heterocycles. The minimum atomic E-state index is -0.0385. The molecule has 0 radical (unpaired) electrons. The third-order valence-electron chi connectivity index (χ3n) is 5.43. The van der Waals surface area contributed by atoms with Gasteiger partial charge in [-0.25, -0.2) is 0 Å². The fourth-order valence-electron chi connectivity index (χ4n) is 3.85. The van der Waals surface area contributed by atoms with Crippen LogP contribution in [-0.4, -0.2) is 25.6 Å². The van der Waals surface area contributed by atoms with E-state index in [0.29, 0.717) is 13.0 Å². The molecule has 1 aliphatic rings. The van der Waals surface area contributed by atoms with Crippen LogP contribution in [0.4, 0.5) is 11.4 Å². The van der Waals surface area contributed by atoms with Crippen molar-refractivity contribution in [3.63, 3.8) is 0 Å². The standard InChI is InChI=1S/C24H30N2O2/c1-4-16-28-23-9-7-8-18-10-11-19(17-22(18)23)24(27)25-20-12-14-21(15-13-20)26(5-2)6-3/h4,7-9,12-15,19H,1,5-6,10-11,16-17H2,2-3H3,(H,25,27). The van der Waals surface area contributed by atoms with Crippen LogP contribution >= 0.6 is 0 Å². The maximum atomic E-state index is 12.9. The van der Waals surface area contributed by atoms with Crippen molar-refractivity contribution >= 4 is 17.3 Å². The van der Waals surface area contributed by atoms with Crippen LogP contribution in [0.5, 0.6) is 5.75 Å². The first-order valence-electron chi connectivity index (χ1n) is 10.2. The van der Waals surface area contributed by atoms with Gasteiger partial charge in [0.1, 0.15) is 12.4 Å². The topological polar surface area (TPSA) is 41.6 Å². The Kier molecular flexibility index (Phi) is 6.75. The number of carbonyl (C=O) groups is 1. The average Bonchev–Trinajstić information content (AvgIpc) is 2.73. The number of nitrogens with one attached hydrogen (secondary N) is 1. The molecule has 28 heavy (non-hydrogen) atoms. The zero-order valence-corrected chi connectivity index (χ0v) is 16.9. The predicted molar refractivity (Wildman–Crippen MR) is 116 cm³/mol. The van der Waals surface area contributed by atoms with Gasteiger partial charge in [-0.05, 0) is 74.6 Å². The first-order chi connectivity index (χ1) is 13.7. The molecule has 0 bridgehead atoms. The summed E-state index contributed by atoms with van der Waals surface area (Å²) >= 11 is 0. The molecule has 1 atom stereocenters. The zero-order chi connectivity index (χ0) is 19.9. The number of amides is 1. The number of anilines is 2. The van der Waals surface area contributed by atoms with Gasteiger partial charge in [-0.3, -0.25) is 4.79 Å². The number of hydrogen-bond donors (Lipinski definition) is 1. The Balaban J connectivity index is 1.67. The van der Waals surface area contributed by atoms with E-state index in [1.807, 2.05) is 24.3 Å². The largest absolute Gasteiger partial charge is 0.489 e. The SMILES string of the molecule is C=CCOc1cccc2c1CC(C(=O)Nc1ccc(N(CC)CC)cc1)CC2. The molecule has 148 valence electrons. The third-order valence-corrected chi connectivity index (χ3v) is 5.43. The molecule has 4 nitrogen and oxygen atoms in total. The van der Waals surface area contributed by atoms with Gasteiger partial charge in [-0.2, -0.15) is 0 Å². The summed E-state index contributed by atoms with van der Waals surface area (Å²) in [6.45, 7) is 10.4. The molecule has 1 N–H and O–H groups in total. The predicted octanol–water partition coefficient (Wildman–Crippen LogP) is 4.84. The van der Waals surface area contributed by atoms with Crippen LogP contribution in [0, 0.1) is 5.92 Å². The smallest absolute Gasteiger partial charge is 0.227 e. The van der Waals surface area contributed by atoms with Gasteiger partial charge in [-0.15, -0.1) is 0 Å². The van der Waals surface area contributed by atoms with E-state index in [-0.39, 0.29) is 11.8 Å². The highest BCUT2D eigenvalue weighted by Crippen LogP contribution is 2.33. The lowest BCUT2D eigenvalue weighted by molar-refractivity contribution is -0.120. The number of carbonyl (C=O) groups excluding carboxylic acids is 1. The van der Waals surface area contributed by atoms with E-state index in [1.54, 1.807) is 6.08 Å². The van der Waals surface area contributed by atoms with Crippen LogP contribution in [0.3, 0.4) is 0 Å². The second-order valence-corrected chi connectivity index (χ2v) is 7.14. The quantitative estimate of drug-likeness (QED) is 0.668. The molecule has 0 aromatic heterocycles. The summed E-state index contributed by atoms with van der Waals surface area (Å²) in [6.07, 6.45) is 4.22. The van der Waals surface area contributed by atoms with Crippen molar-refractivity contribution in [3.05, 3.63) is 66.2 Å². The number of benzene rings is 2. The van der Waals surface area contributed by atoms with Crippen molar-refractivity contribution in [1.82, 2.24) is 0 Å². The molecule has 1 amide bonds. The molecule has 2 aromatic rings. The molecule has 0 saturated carbocycles. The maximum Gasteiger partial charge on any atom is 0.227 e. The number of fused-ring (bicyclic) bond motifs is 1. The van der Waals surface area contributed by atoms with Crippen molar-refractivity contribution in [2.45, 2.75) is 33.1 Å². The summed E-state index contributed by atoms with van der Waals surface area (Å²) in [4.78, 5) is 15.1. The van der Waals surface area contributed by atoms with Crippen molar-refractivity contribution in [1.29, 1.82) is 0 Å². The van der Waals surface area contributed by atoms with E-state index in [1.165, 1.54) is 11.3 Å². The molecule has 0 aliphatic heterocycles. The number of hydrogen-bond acceptors (Lipinski definition) is 3. The van der Waals surface area contributed by atoms with E-state index in [0.717, 1.165) is 42.9 Å². The van der Waals surface area contributed by atoms with Gasteiger partial charge in [0.05, 0.1) is 0 Å². The van der Waals surface area contributed by atoms with E-state index >= 15 is 0 Å². The van der Waals surface area contributed by atoms with E-state index in [9.17, 15) is 4.79 Å². The molecule has 2 aromatic carbocycles. The Hall–Kier alpha value is -2.75. The fraction of sp³-hybridized carbons (Fsp3) is 0.375. The van der Waals surface area contributed by atoms with Gasteiger partial charge < -0.3 is 15.0 Å². The van der Waals surface area contributed by atoms with Crippen LogP contribution in [0.1, 0.15) is 31.4 Å². The van der Waals surface area contributed by atoms with Gasteiger partial charge >= 0.3 is 0 Å². The summed E-state index contributed by atoms with van der Waals surface area (Å²) in [7, 11) is 0. The summed E-state index contributed by atoms with van der Waals surface area (Å²) in [5.74, 6) is 0.918. The molecule has 3 rings (SSSR count). The lowest BCUT2D eigenvalue weighted by Gasteiger charge is -2.26. The Morgan fingerprint density at radius 3 is 2.64 bits per heavy atom. The first kappa shape index (κ1) is 20.0. The average molecular weight is 379 g/mol. The normalized spacial score (nSPS) is 15.4. The van der Waals surface area contributed by atoms with E-state index in [4.69, 9.17) is 4.74 Å². The van der Waals surface area contributed by atoms with E-state index < -0.39 is 0 Å². The summed E-state index contributed by atoms with van der Waals surface area (Å²) < 4.78 is 5.80. The van der Waals surface area contributed by atoms with Crippen molar-refractivity contribution < 1.29 is 9.53 Å². The van der Waals surface area contributed by atoms with Gasteiger partial charge in [0.25, 0.3) is 0 Å².